The minimum Gasteiger partial charge on any atom is -0.496 e. The van der Waals surface area contributed by atoms with E-state index in [0.717, 1.165) is 4.47 Å². The second-order valence-electron chi connectivity index (χ2n) is 4.66. The number of carbonyl (C=O) groups excluding carboxylic acids is 1. The fourth-order valence-electron chi connectivity index (χ4n) is 1.98. The lowest BCUT2D eigenvalue weighted by Gasteiger charge is -2.11. The Morgan fingerprint density at radius 1 is 1.00 bits per heavy atom. The molecule has 0 bridgehead atoms. The molecule has 0 aliphatic heterocycles. The highest BCUT2D eigenvalue weighted by Gasteiger charge is 2.10. The number of rotatable bonds is 6. The largest absolute Gasteiger partial charge is 0.496 e. The lowest BCUT2D eigenvalue weighted by atomic mass is 10.2. The Labute approximate surface area is 148 Å². The van der Waals surface area contributed by atoms with Gasteiger partial charge in [-0.3, -0.25) is 4.79 Å². The number of amides is 1. The van der Waals surface area contributed by atoms with Crippen LogP contribution in [0.25, 0.3) is 0 Å². The minimum absolute atomic E-state index is 0.307. The Kier molecular flexibility index (Phi) is 6.20. The van der Waals surface area contributed by atoms with E-state index in [-0.39, 0.29) is 5.91 Å². The molecule has 1 amide bonds. The summed E-state index contributed by atoms with van der Waals surface area (Å²) in [6, 6.07) is 10.4. The third-order valence-electron chi connectivity index (χ3n) is 3.21. The number of nitrogens with one attached hydrogen (secondary N) is 1. The van der Waals surface area contributed by atoms with Gasteiger partial charge in [0.15, 0.2) is 11.5 Å². The number of hydrogen-bond acceptors (Lipinski definition) is 5. The summed E-state index contributed by atoms with van der Waals surface area (Å²) < 4.78 is 16.7. The third-order valence-corrected chi connectivity index (χ3v) is 3.74. The second kappa shape index (κ2) is 8.35. The van der Waals surface area contributed by atoms with E-state index < -0.39 is 0 Å². The van der Waals surface area contributed by atoms with Crippen molar-refractivity contribution >= 4 is 28.1 Å². The van der Waals surface area contributed by atoms with Gasteiger partial charge in [-0.05, 0) is 30.3 Å². The van der Waals surface area contributed by atoms with Crippen LogP contribution in [-0.4, -0.2) is 33.5 Å². The van der Waals surface area contributed by atoms with Crippen molar-refractivity contribution in [3.8, 4) is 17.2 Å². The van der Waals surface area contributed by atoms with Crippen molar-refractivity contribution in [2.24, 2.45) is 5.10 Å². The number of ether oxygens (including phenoxy) is 3. The number of hydrazone groups is 1. The van der Waals surface area contributed by atoms with Crippen molar-refractivity contribution in [2.75, 3.05) is 21.3 Å². The predicted molar refractivity (Wildman–Crippen MR) is 95.3 cm³/mol. The molecule has 0 radical (unpaired) electrons. The molecule has 0 saturated carbocycles. The van der Waals surface area contributed by atoms with Gasteiger partial charge in [0.25, 0.3) is 5.91 Å². The summed E-state index contributed by atoms with van der Waals surface area (Å²) >= 11 is 3.32. The van der Waals surface area contributed by atoms with E-state index in [0.29, 0.717) is 28.4 Å². The third kappa shape index (κ3) is 4.26. The van der Waals surface area contributed by atoms with E-state index in [2.05, 4.69) is 26.5 Å². The molecule has 0 heterocycles. The predicted octanol–water partition coefficient (Wildman–Crippen LogP) is 3.24. The van der Waals surface area contributed by atoms with Crippen LogP contribution >= 0.6 is 15.9 Å². The summed E-state index contributed by atoms with van der Waals surface area (Å²) in [5.41, 5.74) is 3.63. The van der Waals surface area contributed by atoms with Gasteiger partial charge in [0.1, 0.15) is 5.75 Å². The summed E-state index contributed by atoms with van der Waals surface area (Å²) in [4.78, 5) is 12.0. The molecule has 2 aromatic carbocycles. The van der Waals surface area contributed by atoms with Gasteiger partial charge in [-0.15, -0.1) is 0 Å². The molecule has 0 saturated heterocycles. The first-order valence-electron chi connectivity index (χ1n) is 6.98. The van der Waals surface area contributed by atoms with Crippen LogP contribution in [0.15, 0.2) is 46.0 Å². The molecule has 0 aliphatic rings. The van der Waals surface area contributed by atoms with Gasteiger partial charge in [0, 0.05) is 21.7 Å². The van der Waals surface area contributed by atoms with Crippen LogP contribution in [0.2, 0.25) is 0 Å². The minimum atomic E-state index is -0.307. The standard InChI is InChI=1S/C17H17BrN2O4/c1-22-14-9-16(24-3)15(23-2)8-12(14)10-19-20-17(21)11-4-6-13(18)7-5-11/h4-10H,1-3H3,(H,20,21). The number of nitrogens with zero attached hydrogens (tertiary/aromatic N) is 1. The van der Waals surface area contributed by atoms with Gasteiger partial charge >= 0.3 is 0 Å². The first-order valence-corrected chi connectivity index (χ1v) is 7.77. The smallest absolute Gasteiger partial charge is 0.271 e. The zero-order chi connectivity index (χ0) is 17.5. The number of halogens is 1. The highest BCUT2D eigenvalue weighted by molar-refractivity contribution is 9.10. The van der Waals surface area contributed by atoms with Gasteiger partial charge in [-0.1, -0.05) is 15.9 Å². The van der Waals surface area contributed by atoms with Gasteiger partial charge in [-0.25, -0.2) is 5.43 Å². The molecule has 24 heavy (non-hydrogen) atoms. The SMILES string of the molecule is COc1cc(OC)c(OC)cc1C=NNC(=O)c1ccc(Br)cc1. The lowest BCUT2D eigenvalue weighted by molar-refractivity contribution is 0.0955. The Hall–Kier alpha value is -2.54. The number of methoxy groups -OCH3 is 3. The van der Waals surface area contributed by atoms with Crippen LogP contribution < -0.4 is 19.6 Å². The van der Waals surface area contributed by atoms with Crippen LogP contribution in [0, 0.1) is 0 Å². The summed E-state index contributed by atoms with van der Waals surface area (Å²) in [6.45, 7) is 0. The molecule has 0 aromatic heterocycles. The molecule has 0 atom stereocenters. The average Bonchev–Trinajstić information content (AvgIpc) is 2.61. The van der Waals surface area contributed by atoms with Gasteiger partial charge in [0.05, 0.1) is 27.5 Å². The zero-order valence-electron chi connectivity index (χ0n) is 13.5. The van der Waals surface area contributed by atoms with Crippen molar-refractivity contribution in [1.29, 1.82) is 0 Å². The van der Waals surface area contributed by atoms with Crippen molar-refractivity contribution in [3.63, 3.8) is 0 Å². The molecule has 2 aromatic rings. The maximum atomic E-state index is 12.0. The highest BCUT2D eigenvalue weighted by Crippen LogP contribution is 2.33. The van der Waals surface area contributed by atoms with Crippen LogP contribution in [0.4, 0.5) is 0 Å². The van der Waals surface area contributed by atoms with Gasteiger partial charge in [0.2, 0.25) is 0 Å². The molecule has 6 nitrogen and oxygen atoms in total. The monoisotopic (exact) mass is 392 g/mol. The van der Waals surface area contributed by atoms with E-state index in [9.17, 15) is 4.79 Å². The fourth-order valence-corrected chi connectivity index (χ4v) is 2.24. The van der Waals surface area contributed by atoms with E-state index in [4.69, 9.17) is 14.2 Å². The maximum absolute atomic E-state index is 12.0. The Balaban J connectivity index is 2.16. The first kappa shape index (κ1) is 17.8. The van der Waals surface area contributed by atoms with Crippen molar-refractivity contribution in [1.82, 2.24) is 5.43 Å². The van der Waals surface area contributed by atoms with Crippen molar-refractivity contribution < 1.29 is 19.0 Å². The molecule has 0 fully saturated rings. The Morgan fingerprint density at radius 3 is 2.17 bits per heavy atom. The van der Waals surface area contributed by atoms with Crippen LogP contribution in [0.3, 0.4) is 0 Å². The summed E-state index contributed by atoms with van der Waals surface area (Å²) in [6.07, 6.45) is 1.48. The molecular formula is C17H17BrN2O4. The Bertz CT molecular complexity index is 745. The lowest BCUT2D eigenvalue weighted by Crippen LogP contribution is -2.17. The van der Waals surface area contributed by atoms with E-state index in [1.807, 2.05) is 0 Å². The molecular weight excluding hydrogens is 376 g/mol. The van der Waals surface area contributed by atoms with Crippen molar-refractivity contribution in [2.45, 2.75) is 0 Å². The molecule has 0 unspecified atom stereocenters. The van der Waals surface area contributed by atoms with E-state index >= 15 is 0 Å². The molecule has 0 spiro atoms. The molecule has 2 rings (SSSR count). The summed E-state index contributed by atoms with van der Waals surface area (Å²) in [7, 11) is 4.63. The quantitative estimate of drug-likeness (QED) is 0.605. The van der Waals surface area contributed by atoms with Crippen LogP contribution in [-0.2, 0) is 0 Å². The molecule has 7 heteroatoms. The molecule has 0 aliphatic carbocycles. The van der Waals surface area contributed by atoms with Crippen LogP contribution in [0.5, 0.6) is 17.2 Å². The maximum Gasteiger partial charge on any atom is 0.271 e. The normalized spacial score (nSPS) is 10.5. The first-order chi connectivity index (χ1) is 11.6. The number of carbonyl (C=O) groups is 1. The second-order valence-corrected chi connectivity index (χ2v) is 5.57. The van der Waals surface area contributed by atoms with Crippen LogP contribution in [0.1, 0.15) is 15.9 Å². The molecule has 126 valence electrons. The zero-order valence-corrected chi connectivity index (χ0v) is 15.1. The topological polar surface area (TPSA) is 69.2 Å². The summed E-state index contributed by atoms with van der Waals surface area (Å²) in [5.74, 6) is 1.33. The van der Waals surface area contributed by atoms with Gasteiger partial charge < -0.3 is 14.2 Å². The summed E-state index contributed by atoms with van der Waals surface area (Å²) in [5, 5.41) is 3.97. The van der Waals surface area contributed by atoms with E-state index in [1.165, 1.54) is 6.21 Å². The Morgan fingerprint density at radius 2 is 1.58 bits per heavy atom. The number of benzene rings is 2. The fraction of sp³-hybridized carbons (Fsp3) is 0.176. The highest BCUT2D eigenvalue weighted by atomic mass is 79.9. The number of hydrogen-bond donors (Lipinski definition) is 1. The molecule has 1 N–H and O–H groups in total. The van der Waals surface area contributed by atoms with E-state index in [1.54, 1.807) is 57.7 Å². The van der Waals surface area contributed by atoms with Crippen molar-refractivity contribution in [3.05, 3.63) is 52.0 Å². The van der Waals surface area contributed by atoms with Gasteiger partial charge in [-0.2, -0.15) is 5.10 Å². The average molecular weight is 393 g/mol.